The largest absolute Gasteiger partial charge is 0.459 e. The van der Waals surface area contributed by atoms with Crippen LogP contribution in [-0.2, 0) is 28.5 Å². The van der Waals surface area contributed by atoms with Gasteiger partial charge in [-0.05, 0) is 86.0 Å². The number of aliphatic hydroxyl groups is 2. The van der Waals surface area contributed by atoms with Crippen LogP contribution in [0.2, 0.25) is 0 Å². The van der Waals surface area contributed by atoms with Gasteiger partial charge in [0.25, 0.3) is 5.79 Å². The van der Waals surface area contributed by atoms with E-state index in [0.29, 0.717) is 12.0 Å². The molecule has 0 aromatic carbocycles. The van der Waals surface area contributed by atoms with E-state index in [4.69, 9.17) is 23.7 Å². The Morgan fingerprint density at radius 3 is 1.90 bits per heavy atom. The summed E-state index contributed by atoms with van der Waals surface area (Å²) < 4.78 is 70.1. The predicted octanol–water partition coefficient (Wildman–Crippen LogP) is 4.65. The van der Waals surface area contributed by atoms with Gasteiger partial charge in [-0.1, -0.05) is 6.58 Å². The fraction of sp³-hybridized carbons (Fsp3) is 0.897. The third kappa shape index (κ3) is 5.83. The van der Waals surface area contributed by atoms with Crippen LogP contribution in [0, 0.1) is 23.7 Å². The lowest BCUT2D eigenvalue weighted by Crippen LogP contribution is -2.57. The number of alkyl halides is 3. The summed E-state index contributed by atoms with van der Waals surface area (Å²) in [7, 11) is 0. The van der Waals surface area contributed by atoms with E-state index in [0.717, 1.165) is 6.42 Å². The van der Waals surface area contributed by atoms with Gasteiger partial charge in [-0.15, -0.1) is 0 Å². The first-order valence-corrected chi connectivity index (χ1v) is 14.0. The maximum Gasteiger partial charge on any atom is 0.443 e. The highest BCUT2D eigenvalue weighted by atomic mass is 19.4. The van der Waals surface area contributed by atoms with E-state index in [2.05, 4.69) is 6.58 Å². The third-order valence-electron chi connectivity index (χ3n) is 9.24. The van der Waals surface area contributed by atoms with E-state index >= 15 is 0 Å². The second-order valence-electron chi connectivity index (χ2n) is 14.4. The number of carbonyl (C=O) groups is 1. The molecule has 2 aliphatic carbocycles. The van der Waals surface area contributed by atoms with Crippen molar-refractivity contribution in [3.63, 3.8) is 0 Å². The van der Waals surface area contributed by atoms with Crippen molar-refractivity contribution in [1.82, 2.24) is 0 Å². The van der Waals surface area contributed by atoms with Gasteiger partial charge in [0.05, 0.1) is 35.6 Å². The van der Waals surface area contributed by atoms with E-state index in [-0.39, 0.29) is 42.8 Å². The SMILES string of the molecule is C=C(C)C(=O)OC1CC2CC1C(C(C)(C)OC1(C)COC(C)(O)C1)C2C(C)(C)OC1(C)COC(O)(C(F)(F)F)C1. The van der Waals surface area contributed by atoms with Crippen LogP contribution < -0.4 is 0 Å². The van der Waals surface area contributed by atoms with Crippen LogP contribution in [0.1, 0.15) is 81.1 Å². The Morgan fingerprint density at radius 2 is 1.43 bits per heavy atom. The van der Waals surface area contributed by atoms with Gasteiger partial charge in [-0.25, -0.2) is 4.79 Å². The topological polar surface area (TPSA) is 104 Å². The van der Waals surface area contributed by atoms with E-state index in [9.17, 15) is 28.2 Å². The van der Waals surface area contributed by atoms with E-state index in [1.165, 1.54) is 6.92 Å². The van der Waals surface area contributed by atoms with E-state index in [1.54, 1.807) is 13.8 Å². The summed E-state index contributed by atoms with van der Waals surface area (Å²) in [4.78, 5) is 12.5. The summed E-state index contributed by atoms with van der Waals surface area (Å²) >= 11 is 0. The second kappa shape index (κ2) is 9.64. The molecule has 0 aromatic heterocycles. The van der Waals surface area contributed by atoms with Crippen molar-refractivity contribution in [2.75, 3.05) is 13.2 Å². The molecule has 11 heteroatoms. The van der Waals surface area contributed by atoms with E-state index in [1.807, 2.05) is 34.6 Å². The fourth-order valence-electron chi connectivity index (χ4n) is 8.33. The average Bonchev–Trinajstić information content (AvgIpc) is 3.47. The summed E-state index contributed by atoms with van der Waals surface area (Å²) in [6.07, 6.45) is -4.50. The Hall–Kier alpha value is -1.24. The molecule has 4 fully saturated rings. The number of ether oxygens (including phenoxy) is 5. The lowest BCUT2D eigenvalue weighted by molar-refractivity contribution is -0.349. The van der Waals surface area contributed by atoms with Gasteiger partial charge in [0.2, 0.25) is 0 Å². The molecule has 4 rings (SSSR count). The predicted molar refractivity (Wildman–Crippen MR) is 138 cm³/mol. The summed E-state index contributed by atoms with van der Waals surface area (Å²) in [6, 6.07) is 0. The van der Waals surface area contributed by atoms with Crippen molar-refractivity contribution in [3.8, 4) is 0 Å². The molecule has 2 saturated carbocycles. The Bertz CT molecular complexity index is 1030. The Balaban J connectivity index is 1.63. The van der Waals surface area contributed by atoms with Crippen molar-refractivity contribution >= 4 is 5.97 Å². The zero-order valence-electron chi connectivity index (χ0n) is 24.8. The Kier molecular flexibility index (Phi) is 7.64. The van der Waals surface area contributed by atoms with Crippen LogP contribution in [-0.4, -0.2) is 75.7 Å². The minimum Gasteiger partial charge on any atom is -0.459 e. The Morgan fingerprint density at radius 1 is 0.900 bits per heavy atom. The highest BCUT2D eigenvalue weighted by Crippen LogP contribution is 2.62. The molecule has 8 nitrogen and oxygen atoms in total. The third-order valence-corrected chi connectivity index (χ3v) is 9.24. The molecule has 9 unspecified atom stereocenters. The number of rotatable bonds is 8. The van der Waals surface area contributed by atoms with Crippen molar-refractivity contribution in [1.29, 1.82) is 0 Å². The molecule has 4 aliphatic rings. The molecule has 0 aromatic rings. The van der Waals surface area contributed by atoms with Gasteiger partial charge in [-0.2, -0.15) is 13.2 Å². The molecular weight excluding hydrogens is 533 g/mol. The fourth-order valence-corrected chi connectivity index (χ4v) is 8.33. The summed E-state index contributed by atoms with van der Waals surface area (Å²) in [5, 5.41) is 20.6. The van der Waals surface area contributed by atoms with Gasteiger partial charge in [0.1, 0.15) is 6.10 Å². The van der Waals surface area contributed by atoms with E-state index < -0.39 is 59.2 Å². The number of esters is 1. The van der Waals surface area contributed by atoms with Crippen LogP contribution in [0.25, 0.3) is 0 Å². The number of halogens is 3. The molecule has 9 atom stereocenters. The highest BCUT2D eigenvalue weighted by Gasteiger charge is 2.67. The first-order valence-electron chi connectivity index (χ1n) is 14.0. The van der Waals surface area contributed by atoms with Gasteiger partial charge in [-0.3, -0.25) is 0 Å². The molecule has 230 valence electrons. The smallest absolute Gasteiger partial charge is 0.443 e. The Labute approximate surface area is 234 Å². The molecule has 2 N–H and O–H groups in total. The van der Waals surface area contributed by atoms with Crippen LogP contribution in [0.3, 0.4) is 0 Å². The zero-order chi connectivity index (χ0) is 30.3. The summed E-state index contributed by atoms with van der Waals surface area (Å²) in [5.74, 6) is -5.52. The number of carbonyl (C=O) groups excluding carboxylic acids is 1. The first kappa shape index (κ1) is 31.7. The molecule has 2 bridgehead atoms. The molecule has 2 heterocycles. The normalized spacial score (nSPS) is 43.9. The number of fused-ring (bicyclic) bond motifs is 2. The maximum absolute atomic E-state index is 13.5. The monoisotopic (exact) mass is 578 g/mol. The average molecular weight is 579 g/mol. The minimum absolute atomic E-state index is 0.0407. The van der Waals surface area contributed by atoms with Crippen molar-refractivity contribution in [3.05, 3.63) is 12.2 Å². The van der Waals surface area contributed by atoms with Crippen molar-refractivity contribution < 1.29 is 51.9 Å². The molecular formula is C29H45F3O8. The van der Waals surface area contributed by atoms with Crippen LogP contribution in [0.5, 0.6) is 0 Å². The maximum atomic E-state index is 13.5. The molecule has 0 amide bonds. The van der Waals surface area contributed by atoms with Crippen LogP contribution in [0.4, 0.5) is 13.2 Å². The zero-order valence-corrected chi connectivity index (χ0v) is 24.8. The summed E-state index contributed by atoms with van der Waals surface area (Å²) in [5.41, 5.74) is -3.65. The van der Waals surface area contributed by atoms with Gasteiger partial charge in [0, 0.05) is 24.3 Å². The second-order valence-corrected chi connectivity index (χ2v) is 14.4. The van der Waals surface area contributed by atoms with Crippen LogP contribution >= 0.6 is 0 Å². The van der Waals surface area contributed by atoms with Crippen molar-refractivity contribution in [2.45, 2.75) is 127 Å². The molecule has 2 aliphatic heterocycles. The van der Waals surface area contributed by atoms with Crippen molar-refractivity contribution in [2.24, 2.45) is 23.7 Å². The van der Waals surface area contributed by atoms with Crippen LogP contribution in [0.15, 0.2) is 12.2 Å². The molecule has 40 heavy (non-hydrogen) atoms. The molecule has 2 saturated heterocycles. The van der Waals surface area contributed by atoms with Gasteiger partial charge < -0.3 is 33.9 Å². The lowest BCUT2D eigenvalue weighted by Gasteiger charge is -2.52. The molecule has 0 spiro atoms. The lowest BCUT2D eigenvalue weighted by atomic mass is 9.64. The van der Waals surface area contributed by atoms with Gasteiger partial charge >= 0.3 is 12.1 Å². The quantitative estimate of drug-likeness (QED) is 0.317. The highest BCUT2D eigenvalue weighted by molar-refractivity contribution is 5.87. The minimum atomic E-state index is -4.95. The first-order chi connectivity index (χ1) is 17.9. The number of hydrogen-bond donors (Lipinski definition) is 2. The molecule has 0 radical (unpaired) electrons. The standard InChI is InChI=1S/C29H45F3O8/c1-16(2)22(33)38-19-11-17-10-18(19)21(24(5,6)40-25(7)12-27(9,34)36-14-25)20(17)23(3,4)39-26(8)13-28(35,37-15-26)29(30,31)32/h17-21,34-35H,1,10-15H2,2-9H3. The number of hydrogen-bond acceptors (Lipinski definition) is 8. The summed E-state index contributed by atoms with van der Waals surface area (Å²) in [6.45, 7) is 17.7. The van der Waals surface area contributed by atoms with Gasteiger partial charge in [0.15, 0.2) is 5.79 Å².